The van der Waals surface area contributed by atoms with Crippen LogP contribution in [0.2, 0.25) is 0 Å². The molecule has 0 aliphatic heterocycles. The number of halogens is 1. The SMILES string of the molecule is Cc1cc2nc(-c3cc4ccc(F)cc4s3)[nH]c2cc1C. The Morgan fingerprint density at radius 2 is 1.86 bits per heavy atom. The highest BCUT2D eigenvalue weighted by molar-refractivity contribution is 7.22. The molecule has 2 heterocycles. The smallest absolute Gasteiger partial charge is 0.148 e. The molecule has 104 valence electrons. The van der Waals surface area contributed by atoms with Crippen LogP contribution < -0.4 is 0 Å². The van der Waals surface area contributed by atoms with Crippen LogP contribution >= 0.6 is 11.3 Å². The van der Waals surface area contributed by atoms with E-state index in [9.17, 15) is 4.39 Å². The average molecular weight is 296 g/mol. The number of H-pyrrole nitrogens is 1. The van der Waals surface area contributed by atoms with E-state index in [1.54, 1.807) is 17.4 Å². The van der Waals surface area contributed by atoms with Gasteiger partial charge in [0.15, 0.2) is 0 Å². The number of hydrogen-bond acceptors (Lipinski definition) is 2. The predicted octanol–water partition coefficient (Wildman–Crippen LogP) is 5.20. The van der Waals surface area contributed by atoms with Gasteiger partial charge in [0.25, 0.3) is 0 Å². The monoisotopic (exact) mass is 296 g/mol. The summed E-state index contributed by atoms with van der Waals surface area (Å²) in [6.45, 7) is 4.18. The normalized spacial score (nSPS) is 11.6. The van der Waals surface area contributed by atoms with Crippen molar-refractivity contribution in [2.45, 2.75) is 13.8 Å². The Hall–Kier alpha value is -2.20. The van der Waals surface area contributed by atoms with E-state index in [0.717, 1.165) is 31.8 Å². The van der Waals surface area contributed by atoms with Crippen molar-refractivity contribution in [3.8, 4) is 10.7 Å². The Balaban J connectivity index is 1.91. The summed E-state index contributed by atoms with van der Waals surface area (Å²) in [5.41, 5.74) is 4.49. The molecule has 0 spiro atoms. The number of nitrogens with one attached hydrogen (secondary N) is 1. The van der Waals surface area contributed by atoms with Gasteiger partial charge in [-0.1, -0.05) is 6.07 Å². The third-order valence-corrected chi connectivity index (χ3v) is 4.92. The van der Waals surface area contributed by atoms with Crippen molar-refractivity contribution in [1.29, 1.82) is 0 Å². The van der Waals surface area contributed by atoms with Crippen LogP contribution in [0.15, 0.2) is 36.4 Å². The second-order valence-corrected chi connectivity index (χ2v) is 6.42. The molecule has 1 N–H and O–H groups in total. The zero-order valence-corrected chi connectivity index (χ0v) is 12.5. The van der Waals surface area contributed by atoms with E-state index in [1.165, 1.54) is 17.2 Å². The Morgan fingerprint density at radius 3 is 2.71 bits per heavy atom. The highest BCUT2D eigenvalue weighted by atomic mass is 32.1. The fourth-order valence-electron chi connectivity index (χ4n) is 2.51. The molecule has 0 radical (unpaired) electrons. The number of rotatable bonds is 1. The van der Waals surface area contributed by atoms with Gasteiger partial charge in [0.2, 0.25) is 0 Å². The second kappa shape index (κ2) is 4.40. The molecular weight excluding hydrogens is 283 g/mol. The molecule has 0 aliphatic carbocycles. The lowest BCUT2D eigenvalue weighted by molar-refractivity contribution is 0.630. The van der Waals surface area contributed by atoms with Gasteiger partial charge in [-0.25, -0.2) is 9.37 Å². The minimum Gasteiger partial charge on any atom is -0.337 e. The van der Waals surface area contributed by atoms with Gasteiger partial charge in [-0.15, -0.1) is 11.3 Å². The predicted molar refractivity (Wildman–Crippen MR) is 86.3 cm³/mol. The number of thiophene rings is 1. The lowest BCUT2D eigenvalue weighted by Gasteiger charge is -1.97. The third-order valence-electron chi connectivity index (χ3n) is 3.81. The maximum atomic E-state index is 13.3. The molecule has 0 amide bonds. The van der Waals surface area contributed by atoms with E-state index in [1.807, 2.05) is 6.07 Å². The van der Waals surface area contributed by atoms with Gasteiger partial charge in [0.05, 0.1) is 15.9 Å². The molecule has 4 aromatic rings. The molecule has 4 rings (SSSR count). The lowest BCUT2D eigenvalue weighted by atomic mass is 10.1. The van der Waals surface area contributed by atoms with E-state index in [2.05, 4.69) is 42.0 Å². The highest BCUT2D eigenvalue weighted by Gasteiger charge is 2.10. The Kier molecular flexibility index (Phi) is 2.62. The zero-order chi connectivity index (χ0) is 14.6. The first-order valence-corrected chi connectivity index (χ1v) is 7.58. The topological polar surface area (TPSA) is 28.7 Å². The third kappa shape index (κ3) is 2.03. The van der Waals surface area contributed by atoms with Gasteiger partial charge in [0.1, 0.15) is 11.6 Å². The Morgan fingerprint density at radius 1 is 1.05 bits per heavy atom. The van der Waals surface area contributed by atoms with Crippen molar-refractivity contribution >= 4 is 32.5 Å². The molecule has 0 fully saturated rings. The quantitative estimate of drug-likeness (QED) is 0.514. The summed E-state index contributed by atoms with van der Waals surface area (Å²) in [4.78, 5) is 9.05. The first-order valence-electron chi connectivity index (χ1n) is 6.76. The summed E-state index contributed by atoms with van der Waals surface area (Å²) in [5.74, 6) is 0.642. The van der Waals surface area contributed by atoms with E-state index in [-0.39, 0.29) is 5.82 Å². The molecule has 21 heavy (non-hydrogen) atoms. The maximum Gasteiger partial charge on any atom is 0.148 e. The van der Waals surface area contributed by atoms with Crippen LogP contribution in [0.3, 0.4) is 0 Å². The first-order chi connectivity index (χ1) is 10.1. The van der Waals surface area contributed by atoms with Crippen LogP contribution in [0.1, 0.15) is 11.1 Å². The van der Waals surface area contributed by atoms with E-state index in [4.69, 9.17) is 0 Å². The van der Waals surface area contributed by atoms with E-state index >= 15 is 0 Å². The summed E-state index contributed by atoms with van der Waals surface area (Å²) in [5, 5.41) is 1.05. The average Bonchev–Trinajstić information content (AvgIpc) is 3.02. The fourth-order valence-corrected chi connectivity index (χ4v) is 3.54. The minimum atomic E-state index is -0.202. The molecular formula is C17H13FN2S. The van der Waals surface area contributed by atoms with Crippen molar-refractivity contribution in [1.82, 2.24) is 9.97 Å². The fraction of sp³-hybridized carbons (Fsp3) is 0.118. The summed E-state index contributed by atoms with van der Waals surface area (Å²) in [6, 6.07) is 11.1. The first kappa shape index (κ1) is 12.5. The highest BCUT2D eigenvalue weighted by Crippen LogP contribution is 2.33. The van der Waals surface area contributed by atoms with Gasteiger partial charge in [0, 0.05) is 4.70 Å². The van der Waals surface area contributed by atoms with Crippen LogP contribution in [-0.2, 0) is 0 Å². The van der Waals surface area contributed by atoms with Crippen LogP contribution in [0.5, 0.6) is 0 Å². The molecule has 2 aromatic carbocycles. The van der Waals surface area contributed by atoms with Gasteiger partial charge < -0.3 is 4.98 Å². The van der Waals surface area contributed by atoms with Crippen LogP contribution in [-0.4, -0.2) is 9.97 Å². The van der Waals surface area contributed by atoms with Crippen molar-refractivity contribution in [3.05, 3.63) is 53.3 Å². The van der Waals surface area contributed by atoms with Gasteiger partial charge >= 0.3 is 0 Å². The number of aromatic amines is 1. The lowest BCUT2D eigenvalue weighted by Crippen LogP contribution is -1.79. The summed E-state index contributed by atoms with van der Waals surface area (Å²) in [7, 11) is 0. The number of benzene rings is 2. The van der Waals surface area contributed by atoms with Crippen molar-refractivity contribution in [2.24, 2.45) is 0 Å². The van der Waals surface area contributed by atoms with E-state index in [0.29, 0.717) is 0 Å². The van der Waals surface area contributed by atoms with Crippen LogP contribution in [0.25, 0.3) is 31.8 Å². The molecule has 0 unspecified atom stereocenters. The largest absolute Gasteiger partial charge is 0.337 e. The summed E-state index contributed by atoms with van der Waals surface area (Å²) < 4.78 is 14.2. The summed E-state index contributed by atoms with van der Waals surface area (Å²) in [6.07, 6.45) is 0. The van der Waals surface area contributed by atoms with Gasteiger partial charge in [-0.05, 0) is 60.7 Å². The van der Waals surface area contributed by atoms with Gasteiger partial charge in [-0.3, -0.25) is 0 Å². The number of aromatic nitrogens is 2. The van der Waals surface area contributed by atoms with Crippen molar-refractivity contribution in [3.63, 3.8) is 0 Å². The van der Waals surface area contributed by atoms with Gasteiger partial charge in [-0.2, -0.15) is 0 Å². The molecule has 0 bridgehead atoms. The number of fused-ring (bicyclic) bond motifs is 2. The number of aryl methyl sites for hydroxylation is 2. The summed E-state index contributed by atoms with van der Waals surface area (Å²) >= 11 is 1.55. The number of nitrogens with zero attached hydrogens (tertiary/aromatic N) is 1. The number of imidazole rings is 1. The number of hydrogen-bond donors (Lipinski definition) is 1. The molecule has 0 aliphatic rings. The van der Waals surface area contributed by atoms with E-state index < -0.39 is 0 Å². The van der Waals surface area contributed by atoms with Crippen LogP contribution in [0, 0.1) is 19.7 Å². The van der Waals surface area contributed by atoms with Crippen molar-refractivity contribution in [2.75, 3.05) is 0 Å². The maximum absolute atomic E-state index is 13.3. The molecule has 0 atom stereocenters. The standard InChI is InChI=1S/C17H13FN2S/c1-9-5-13-14(6-10(9)2)20-17(19-13)16-7-11-3-4-12(18)8-15(11)21-16/h3-8H,1-2H3,(H,19,20). The van der Waals surface area contributed by atoms with Crippen molar-refractivity contribution < 1.29 is 4.39 Å². The van der Waals surface area contributed by atoms with Crippen LogP contribution in [0.4, 0.5) is 4.39 Å². The molecule has 4 heteroatoms. The molecule has 2 aromatic heterocycles. The second-order valence-electron chi connectivity index (χ2n) is 5.33. The Labute approximate surface area is 125 Å². The minimum absolute atomic E-state index is 0.202. The molecule has 2 nitrogen and oxygen atoms in total. The zero-order valence-electron chi connectivity index (χ0n) is 11.7. The molecule has 0 saturated carbocycles. The molecule has 0 saturated heterocycles. The Bertz CT molecular complexity index is 942.